The number of carbonyl (C=O) groups is 2. The lowest BCUT2D eigenvalue weighted by molar-refractivity contribution is -0.123. The second-order valence-corrected chi connectivity index (χ2v) is 4.66. The van der Waals surface area contributed by atoms with Crippen LogP contribution in [-0.4, -0.2) is 23.0 Å². The summed E-state index contributed by atoms with van der Waals surface area (Å²) in [6.45, 7) is 1.50. The van der Waals surface area contributed by atoms with E-state index in [4.69, 9.17) is 16.3 Å². The molecule has 0 radical (unpaired) electrons. The predicted octanol–water partition coefficient (Wildman–Crippen LogP) is 2.92. The van der Waals surface area contributed by atoms with E-state index in [0.717, 1.165) is 0 Å². The van der Waals surface area contributed by atoms with Gasteiger partial charge in [-0.25, -0.2) is 9.78 Å². The van der Waals surface area contributed by atoms with Gasteiger partial charge in [0.05, 0.1) is 5.56 Å². The third-order valence-electron chi connectivity index (χ3n) is 2.66. The van der Waals surface area contributed by atoms with E-state index in [-0.39, 0.29) is 10.7 Å². The van der Waals surface area contributed by atoms with Gasteiger partial charge in [0.1, 0.15) is 5.15 Å². The molecule has 1 unspecified atom stereocenters. The summed E-state index contributed by atoms with van der Waals surface area (Å²) in [6, 6.07) is 11.8. The van der Waals surface area contributed by atoms with E-state index in [1.807, 2.05) is 6.07 Å². The molecular weight excluding hydrogens is 292 g/mol. The van der Waals surface area contributed by atoms with Crippen molar-refractivity contribution in [1.29, 1.82) is 0 Å². The topological polar surface area (TPSA) is 68.3 Å². The number of nitrogens with one attached hydrogen (secondary N) is 1. The van der Waals surface area contributed by atoms with Crippen LogP contribution in [0.25, 0.3) is 0 Å². The monoisotopic (exact) mass is 304 g/mol. The lowest BCUT2D eigenvalue weighted by atomic mass is 10.2. The highest BCUT2D eigenvalue weighted by Gasteiger charge is 2.19. The van der Waals surface area contributed by atoms with Crippen LogP contribution in [0.2, 0.25) is 5.15 Å². The molecule has 1 amide bonds. The van der Waals surface area contributed by atoms with Crippen molar-refractivity contribution in [3.63, 3.8) is 0 Å². The molecule has 1 heterocycles. The number of halogens is 1. The highest BCUT2D eigenvalue weighted by molar-refractivity contribution is 6.29. The van der Waals surface area contributed by atoms with Crippen molar-refractivity contribution < 1.29 is 14.3 Å². The molecular formula is C15H13ClN2O3. The van der Waals surface area contributed by atoms with Crippen LogP contribution in [0.15, 0.2) is 48.7 Å². The summed E-state index contributed by atoms with van der Waals surface area (Å²) >= 11 is 5.70. The van der Waals surface area contributed by atoms with E-state index in [1.54, 1.807) is 24.3 Å². The number of ether oxygens (including phenoxy) is 1. The van der Waals surface area contributed by atoms with Crippen molar-refractivity contribution in [2.45, 2.75) is 13.0 Å². The molecule has 1 aromatic carbocycles. The van der Waals surface area contributed by atoms with Gasteiger partial charge >= 0.3 is 5.97 Å². The average Bonchev–Trinajstić information content (AvgIpc) is 2.48. The number of pyridine rings is 1. The fourth-order valence-corrected chi connectivity index (χ4v) is 1.75. The molecule has 0 saturated carbocycles. The molecule has 0 spiro atoms. The Kier molecular flexibility index (Phi) is 4.90. The summed E-state index contributed by atoms with van der Waals surface area (Å²) < 4.78 is 5.09. The number of rotatable bonds is 4. The molecule has 1 N–H and O–H groups in total. The van der Waals surface area contributed by atoms with Gasteiger partial charge in [0, 0.05) is 11.9 Å². The molecule has 0 aliphatic rings. The third kappa shape index (κ3) is 4.29. The summed E-state index contributed by atoms with van der Waals surface area (Å²) in [7, 11) is 0. The predicted molar refractivity (Wildman–Crippen MR) is 79.2 cm³/mol. The number of hydrogen-bond donors (Lipinski definition) is 1. The lowest BCUT2D eigenvalue weighted by Gasteiger charge is -2.13. The summed E-state index contributed by atoms with van der Waals surface area (Å²) in [5.41, 5.74) is 0.881. The maximum Gasteiger partial charge on any atom is 0.339 e. The Morgan fingerprint density at radius 3 is 2.62 bits per heavy atom. The summed E-state index contributed by atoms with van der Waals surface area (Å²) in [5, 5.41) is 2.84. The largest absolute Gasteiger partial charge is 0.449 e. The van der Waals surface area contributed by atoms with Crippen LogP contribution in [0.4, 0.5) is 5.69 Å². The number of nitrogens with zero attached hydrogens (tertiary/aromatic N) is 1. The van der Waals surface area contributed by atoms with E-state index < -0.39 is 18.0 Å². The van der Waals surface area contributed by atoms with Crippen LogP contribution < -0.4 is 5.32 Å². The number of aromatic nitrogens is 1. The molecule has 2 aromatic rings. The first kappa shape index (κ1) is 15.0. The SMILES string of the molecule is CC(OC(=O)c1ccnc(Cl)c1)C(=O)Nc1ccccc1. The maximum absolute atomic E-state index is 11.9. The minimum Gasteiger partial charge on any atom is -0.449 e. The van der Waals surface area contributed by atoms with Crippen molar-refractivity contribution in [2.24, 2.45) is 0 Å². The molecule has 5 nitrogen and oxygen atoms in total. The van der Waals surface area contributed by atoms with Crippen molar-refractivity contribution >= 4 is 29.2 Å². The molecule has 1 atom stereocenters. The Morgan fingerprint density at radius 2 is 1.95 bits per heavy atom. The van der Waals surface area contributed by atoms with Crippen molar-refractivity contribution in [3.8, 4) is 0 Å². The first-order chi connectivity index (χ1) is 10.1. The van der Waals surface area contributed by atoms with Gasteiger partial charge in [-0.2, -0.15) is 0 Å². The van der Waals surface area contributed by atoms with E-state index in [1.165, 1.54) is 25.3 Å². The van der Waals surface area contributed by atoms with Gasteiger partial charge in [0.15, 0.2) is 6.10 Å². The van der Waals surface area contributed by atoms with Gasteiger partial charge in [-0.15, -0.1) is 0 Å². The Balaban J connectivity index is 1.96. The number of esters is 1. The Bertz CT molecular complexity index is 646. The molecule has 108 valence electrons. The van der Waals surface area contributed by atoms with Gasteiger partial charge < -0.3 is 10.1 Å². The first-order valence-corrected chi connectivity index (χ1v) is 6.62. The quantitative estimate of drug-likeness (QED) is 0.696. The highest BCUT2D eigenvalue weighted by atomic mass is 35.5. The number of carbonyl (C=O) groups excluding carboxylic acids is 2. The molecule has 0 saturated heterocycles. The zero-order valence-electron chi connectivity index (χ0n) is 11.2. The number of amides is 1. The van der Waals surface area contributed by atoms with Gasteiger partial charge in [-0.3, -0.25) is 4.79 Å². The molecule has 1 aromatic heterocycles. The van der Waals surface area contributed by atoms with Crippen molar-refractivity contribution in [1.82, 2.24) is 4.98 Å². The standard InChI is InChI=1S/C15H13ClN2O3/c1-10(14(19)18-12-5-3-2-4-6-12)21-15(20)11-7-8-17-13(16)9-11/h2-10H,1H3,(H,18,19). The third-order valence-corrected chi connectivity index (χ3v) is 2.86. The first-order valence-electron chi connectivity index (χ1n) is 6.24. The van der Waals surface area contributed by atoms with E-state index >= 15 is 0 Å². The lowest BCUT2D eigenvalue weighted by Crippen LogP contribution is -2.30. The molecule has 21 heavy (non-hydrogen) atoms. The van der Waals surface area contributed by atoms with Crippen molar-refractivity contribution in [2.75, 3.05) is 5.32 Å². The van der Waals surface area contributed by atoms with E-state index in [9.17, 15) is 9.59 Å². The van der Waals surface area contributed by atoms with E-state index in [0.29, 0.717) is 5.69 Å². The molecule has 0 aliphatic heterocycles. The van der Waals surface area contributed by atoms with Crippen molar-refractivity contribution in [3.05, 3.63) is 59.4 Å². The zero-order valence-corrected chi connectivity index (χ0v) is 12.0. The van der Waals surface area contributed by atoms with Gasteiger partial charge in [-0.1, -0.05) is 29.8 Å². The highest BCUT2D eigenvalue weighted by Crippen LogP contribution is 2.11. The van der Waals surface area contributed by atoms with Crippen LogP contribution in [0.5, 0.6) is 0 Å². The van der Waals surface area contributed by atoms with Crippen LogP contribution in [-0.2, 0) is 9.53 Å². The number of hydrogen-bond acceptors (Lipinski definition) is 4. The minimum absolute atomic E-state index is 0.186. The van der Waals surface area contributed by atoms with Gasteiger partial charge in [-0.05, 0) is 31.2 Å². The second kappa shape index (κ2) is 6.85. The maximum atomic E-state index is 11.9. The Labute approximate surface area is 126 Å². The normalized spacial score (nSPS) is 11.5. The molecule has 2 rings (SSSR count). The minimum atomic E-state index is -0.926. The Hall–Kier alpha value is -2.40. The van der Waals surface area contributed by atoms with Crippen LogP contribution >= 0.6 is 11.6 Å². The number of anilines is 1. The number of para-hydroxylation sites is 1. The molecule has 0 fully saturated rings. The fraction of sp³-hybridized carbons (Fsp3) is 0.133. The van der Waals surface area contributed by atoms with E-state index in [2.05, 4.69) is 10.3 Å². The Morgan fingerprint density at radius 1 is 1.24 bits per heavy atom. The average molecular weight is 305 g/mol. The molecule has 0 bridgehead atoms. The summed E-state index contributed by atoms with van der Waals surface area (Å²) in [6.07, 6.45) is 0.470. The smallest absolute Gasteiger partial charge is 0.339 e. The molecule has 0 aliphatic carbocycles. The fourth-order valence-electron chi connectivity index (χ4n) is 1.58. The summed E-state index contributed by atoms with van der Waals surface area (Å²) in [4.78, 5) is 27.6. The van der Waals surface area contributed by atoms with Gasteiger partial charge in [0.25, 0.3) is 5.91 Å². The van der Waals surface area contributed by atoms with Crippen LogP contribution in [0.1, 0.15) is 17.3 Å². The van der Waals surface area contributed by atoms with Crippen LogP contribution in [0.3, 0.4) is 0 Å². The number of benzene rings is 1. The van der Waals surface area contributed by atoms with Crippen LogP contribution in [0, 0.1) is 0 Å². The molecule has 6 heteroatoms. The zero-order chi connectivity index (χ0) is 15.2. The van der Waals surface area contributed by atoms with Gasteiger partial charge in [0.2, 0.25) is 0 Å². The second-order valence-electron chi connectivity index (χ2n) is 4.27. The summed E-state index contributed by atoms with van der Waals surface area (Å²) in [5.74, 6) is -1.04.